The van der Waals surface area contributed by atoms with Crippen LogP contribution in [0.25, 0.3) is 0 Å². The van der Waals surface area contributed by atoms with E-state index < -0.39 is 11.7 Å². The highest BCUT2D eigenvalue weighted by Crippen LogP contribution is 2.30. The molecule has 1 N–H and O–H groups in total. The van der Waals surface area contributed by atoms with Crippen LogP contribution in [0.2, 0.25) is 0 Å². The van der Waals surface area contributed by atoms with Crippen molar-refractivity contribution in [1.82, 2.24) is 5.32 Å². The first-order chi connectivity index (χ1) is 9.34. The van der Waals surface area contributed by atoms with Gasteiger partial charge in [0, 0.05) is 12.1 Å². The molecule has 0 saturated heterocycles. The Labute approximate surface area is 123 Å². The van der Waals surface area contributed by atoms with Crippen LogP contribution < -0.4 is 5.32 Å². The van der Waals surface area contributed by atoms with Crippen molar-refractivity contribution < 1.29 is 13.2 Å². The predicted molar refractivity (Wildman–Crippen MR) is 80.1 cm³/mol. The Morgan fingerprint density at radius 2 is 1.95 bits per heavy atom. The van der Waals surface area contributed by atoms with Gasteiger partial charge in [-0.1, -0.05) is 19.1 Å². The van der Waals surface area contributed by atoms with Crippen LogP contribution in [0.3, 0.4) is 0 Å². The van der Waals surface area contributed by atoms with Crippen molar-refractivity contribution in [2.45, 2.75) is 45.5 Å². The molecule has 1 nitrogen and oxygen atoms in total. The molecule has 114 valence electrons. The van der Waals surface area contributed by atoms with Crippen LogP contribution in [0, 0.1) is 0 Å². The molecule has 0 aromatic heterocycles. The number of rotatable bonds is 7. The largest absolute Gasteiger partial charge is 0.416 e. The second kappa shape index (κ2) is 7.93. The molecule has 0 aliphatic carbocycles. The summed E-state index contributed by atoms with van der Waals surface area (Å²) in [7, 11) is 0. The lowest BCUT2D eigenvalue weighted by molar-refractivity contribution is -0.137. The van der Waals surface area contributed by atoms with Crippen molar-refractivity contribution in [3.8, 4) is 0 Å². The summed E-state index contributed by atoms with van der Waals surface area (Å²) >= 11 is 1.88. The second-order valence-electron chi connectivity index (χ2n) is 4.90. The molecule has 0 heterocycles. The van der Waals surface area contributed by atoms with Gasteiger partial charge in [0.1, 0.15) is 0 Å². The first-order valence-electron chi connectivity index (χ1n) is 6.85. The van der Waals surface area contributed by atoms with Gasteiger partial charge < -0.3 is 5.32 Å². The molecule has 0 amide bonds. The van der Waals surface area contributed by atoms with Gasteiger partial charge in [-0.3, -0.25) is 0 Å². The van der Waals surface area contributed by atoms with Crippen LogP contribution in [0.15, 0.2) is 24.3 Å². The van der Waals surface area contributed by atoms with E-state index in [9.17, 15) is 13.2 Å². The van der Waals surface area contributed by atoms with Crippen LogP contribution in [-0.4, -0.2) is 17.5 Å². The summed E-state index contributed by atoms with van der Waals surface area (Å²) in [5.41, 5.74) is 0.0904. The fourth-order valence-corrected chi connectivity index (χ4v) is 2.80. The Morgan fingerprint density at radius 1 is 1.25 bits per heavy atom. The molecule has 0 saturated carbocycles. The van der Waals surface area contributed by atoms with E-state index in [-0.39, 0.29) is 6.04 Å². The summed E-state index contributed by atoms with van der Waals surface area (Å²) in [6.45, 7) is 6.09. The maximum atomic E-state index is 12.7. The fourth-order valence-electron chi connectivity index (χ4n) is 2.00. The van der Waals surface area contributed by atoms with Crippen LogP contribution in [0.4, 0.5) is 13.2 Å². The smallest absolute Gasteiger partial charge is 0.308 e. The first-order valence-corrected chi connectivity index (χ1v) is 8.01. The predicted octanol–water partition coefficient (Wildman–Crippen LogP) is 4.89. The molecule has 20 heavy (non-hydrogen) atoms. The van der Waals surface area contributed by atoms with Crippen LogP contribution in [0.1, 0.15) is 44.4 Å². The minimum Gasteiger partial charge on any atom is -0.308 e. The minimum absolute atomic E-state index is 0.0843. The number of thioether (sulfide) groups is 1. The molecule has 5 heteroatoms. The Kier molecular flexibility index (Phi) is 6.89. The van der Waals surface area contributed by atoms with Crippen LogP contribution in [0.5, 0.6) is 0 Å². The lowest BCUT2D eigenvalue weighted by atomic mass is 10.0. The molecule has 1 rings (SSSR count). The number of halogens is 3. The highest BCUT2D eigenvalue weighted by molar-refractivity contribution is 7.99. The number of nitrogens with one attached hydrogen (secondary N) is 1. The zero-order valence-corrected chi connectivity index (χ0v) is 12.9. The quantitative estimate of drug-likeness (QED) is 0.720. The van der Waals surface area contributed by atoms with Crippen LogP contribution >= 0.6 is 11.8 Å². The van der Waals surface area contributed by atoms with Crippen molar-refractivity contribution >= 4 is 11.8 Å². The van der Waals surface area contributed by atoms with Gasteiger partial charge in [0.05, 0.1) is 5.56 Å². The van der Waals surface area contributed by atoms with Gasteiger partial charge in [0.15, 0.2) is 0 Å². The molecule has 1 aromatic rings. The second-order valence-corrected chi connectivity index (χ2v) is 6.29. The van der Waals surface area contributed by atoms with Crippen molar-refractivity contribution in [3.05, 3.63) is 35.4 Å². The van der Waals surface area contributed by atoms with E-state index in [0.717, 1.165) is 24.0 Å². The molecule has 2 atom stereocenters. The average molecular weight is 305 g/mol. The number of hydrogen-bond acceptors (Lipinski definition) is 2. The van der Waals surface area contributed by atoms with E-state index in [4.69, 9.17) is 0 Å². The van der Waals surface area contributed by atoms with Gasteiger partial charge in [0.25, 0.3) is 0 Å². The van der Waals surface area contributed by atoms with Crippen molar-refractivity contribution in [3.63, 3.8) is 0 Å². The maximum Gasteiger partial charge on any atom is 0.416 e. The maximum absolute atomic E-state index is 12.7. The summed E-state index contributed by atoms with van der Waals surface area (Å²) < 4.78 is 38.0. The van der Waals surface area contributed by atoms with Gasteiger partial charge in [-0.05, 0) is 49.5 Å². The van der Waals surface area contributed by atoms with E-state index >= 15 is 0 Å². The fraction of sp³-hybridized carbons (Fsp3) is 0.600. The lowest BCUT2D eigenvalue weighted by Crippen LogP contribution is -2.29. The third-order valence-corrected chi connectivity index (χ3v) is 4.08. The standard InChI is InChI=1S/C15H22F3NS/c1-4-20-9-8-11(2)19-12(3)13-6-5-7-14(10-13)15(16,17)18/h5-7,10-12,19H,4,8-9H2,1-3H3. The highest BCUT2D eigenvalue weighted by atomic mass is 32.2. The van der Waals surface area contributed by atoms with Crippen molar-refractivity contribution in [2.24, 2.45) is 0 Å². The molecular weight excluding hydrogens is 283 g/mol. The number of hydrogen-bond donors (Lipinski definition) is 1. The SMILES string of the molecule is CCSCCC(C)NC(C)c1cccc(C(F)(F)F)c1. The lowest BCUT2D eigenvalue weighted by Gasteiger charge is -2.21. The molecule has 0 spiro atoms. The average Bonchev–Trinajstić information content (AvgIpc) is 2.38. The first kappa shape index (κ1) is 17.4. The van der Waals surface area contributed by atoms with Gasteiger partial charge in [-0.2, -0.15) is 24.9 Å². The summed E-state index contributed by atoms with van der Waals surface area (Å²) in [4.78, 5) is 0. The molecule has 0 aliphatic heterocycles. The molecule has 1 aromatic carbocycles. The third kappa shape index (κ3) is 5.75. The molecule has 0 aliphatic rings. The number of alkyl halides is 3. The van der Waals surface area contributed by atoms with E-state index in [1.54, 1.807) is 6.07 Å². The van der Waals surface area contributed by atoms with E-state index in [1.807, 2.05) is 18.7 Å². The molecule has 2 unspecified atom stereocenters. The third-order valence-electron chi connectivity index (χ3n) is 3.15. The Bertz CT molecular complexity index is 406. The van der Waals surface area contributed by atoms with E-state index in [1.165, 1.54) is 12.1 Å². The summed E-state index contributed by atoms with van der Waals surface area (Å²) in [5, 5.41) is 3.35. The van der Waals surface area contributed by atoms with E-state index in [2.05, 4.69) is 19.2 Å². The minimum atomic E-state index is -4.28. The van der Waals surface area contributed by atoms with Crippen LogP contribution in [-0.2, 0) is 6.18 Å². The Morgan fingerprint density at radius 3 is 2.55 bits per heavy atom. The van der Waals surface area contributed by atoms with Gasteiger partial charge in [-0.25, -0.2) is 0 Å². The normalized spacial score (nSPS) is 15.1. The molecule has 0 fully saturated rings. The Hall–Kier alpha value is -0.680. The summed E-state index contributed by atoms with van der Waals surface area (Å²) in [5.74, 6) is 2.16. The zero-order valence-electron chi connectivity index (χ0n) is 12.1. The summed E-state index contributed by atoms with van der Waals surface area (Å²) in [6.07, 6.45) is -3.26. The zero-order chi connectivity index (χ0) is 15.2. The molecular formula is C15H22F3NS. The monoisotopic (exact) mass is 305 g/mol. The number of benzene rings is 1. The molecule has 0 radical (unpaired) electrons. The molecule has 0 bridgehead atoms. The van der Waals surface area contributed by atoms with E-state index in [0.29, 0.717) is 11.6 Å². The van der Waals surface area contributed by atoms with Crippen molar-refractivity contribution in [2.75, 3.05) is 11.5 Å². The van der Waals surface area contributed by atoms with Gasteiger partial charge in [-0.15, -0.1) is 0 Å². The highest BCUT2D eigenvalue weighted by Gasteiger charge is 2.30. The van der Waals surface area contributed by atoms with Crippen molar-refractivity contribution in [1.29, 1.82) is 0 Å². The van der Waals surface area contributed by atoms with Gasteiger partial charge in [0.2, 0.25) is 0 Å². The van der Waals surface area contributed by atoms with Gasteiger partial charge >= 0.3 is 6.18 Å². The summed E-state index contributed by atoms with van der Waals surface area (Å²) in [6, 6.07) is 5.74. The Balaban J connectivity index is 2.61. The topological polar surface area (TPSA) is 12.0 Å².